The maximum absolute atomic E-state index is 12.6. The second kappa shape index (κ2) is 5.30. The van der Waals surface area contributed by atoms with E-state index in [1.54, 1.807) is 0 Å². The van der Waals surface area contributed by atoms with Gasteiger partial charge in [-0.2, -0.15) is 13.2 Å². The van der Waals surface area contributed by atoms with Crippen LogP contribution >= 0.6 is 23.1 Å². The number of thioether (sulfide) groups is 1. The van der Waals surface area contributed by atoms with Crippen molar-refractivity contribution >= 4 is 33.3 Å². The Balaban J connectivity index is 1.77. The van der Waals surface area contributed by atoms with Crippen LogP contribution in [0, 0.1) is 0 Å². The van der Waals surface area contributed by atoms with Gasteiger partial charge in [-0.25, -0.2) is 4.98 Å². The van der Waals surface area contributed by atoms with E-state index in [1.165, 1.54) is 30.1 Å². The van der Waals surface area contributed by atoms with Crippen molar-refractivity contribution < 1.29 is 13.2 Å². The van der Waals surface area contributed by atoms with Gasteiger partial charge in [0.2, 0.25) is 5.82 Å². The van der Waals surface area contributed by atoms with Crippen LogP contribution in [0.3, 0.4) is 0 Å². The number of hydrogen-bond donors (Lipinski definition) is 0. The van der Waals surface area contributed by atoms with Gasteiger partial charge < -0.3 is 4.57 Å². The third kappa shape index (κ3) is 2.88. The molecule has 110 valence electrons. The van der Waals surface area contributed by atoms with Crippen molar-refractivity contribution in [3.8, 4) is 0 Å². The van der Waals surface area contributed by atoms with E-state index in [0.29, 0.717) is 5.75 Å². The summed E-state index contributed by atoms with van der Waals surface area (Å²) in [5.41, 5.74) is 0.895. The van der Waals surface area contributed by atoms with Gasteiger partial charge in [0, 0.05) is 7.05 Å². The van der Waals surface area contributed by atoms with Gasteiger partial charge in [0.15, 0.2) is 5.16 Å². The summed E-state index contributed by atoms with van der Waals surface area (Å²) in [6.07, 6.45) is -4.49. The van der Waals surface area contributed by atoms with Gasteiger partial charge in [0.25, 0.3) is 0 Å². The molecule has 0 unspecified atom stereocenters. The number of fused-ring (bicyclic) bond motifs is 1. The number of halogens is 3. The molecule has 0 fully saturated rings. The summed E-state index contributed by atoms with van der Waals surface area (Å²) in [7, 11) is 1.31. The SMILES string of the molecule is Cn1c(SCc2nc3ccccc3s2)nnc1C(F)(F)F. The van der Waals surface area contributed by atoms with Crippen molar-refractivity contribution in [3.05, 3.63) is 35.1 Å². The van der Waals surface area contributed by atoms with Crippen molar-refractivity contribution in [3.63, 3.8) is 0 Å². The molecule has 3 rings (SSSR count). The lowest BCUT2D eigenvalue weighted by atomic mass is 10.3. The Morgan fingerprint density at radius 3 is 2.67 bits per heavy atom. The standard InChI is InChI=1S/C12H9F3N4S2/c1-19-10(12(13,14)15)17-18-11(19)20-6-9-16-7-4-2-3-5-8(7)21-9/h2-5H,6H2,1H3. The van der Waals surface area contributed by atoms with Crippen molar-refractivity contribution in [2.75, 3.05) is 0 Å². The molecule has 0 aliphatic carbocycles. The zero-order chi connectivity index (χ0) is 15.0. The van der Waals surface area contributed by atoms with Crippen LogP contribution in [0.1, 0.15) is 10.8 Å². The molecule has 3 aromatic rings. The highest BCUT2D eigenvalue weighted by Gasteiger charge is 2.37. The largest absolute Gasteiger partial charge is 0.451 e. The summed E-state index contributed by atoms with van der Waals surface area (Å²) >= 11 is 2.71. The highest BCUT2D eigenvalue weighted by Crippen LogP contribution is 2.31. The monoisotopic (exact) mass is 330 g/mol. The van der Waals surface area contributed by atoms with Gasteiger partial charge in [0.1, 0.15) is 5.01 Å². The molecule has 0 atom stereocenters. The minimum atomic E-state index is -4.49. The molecule has 9 heteroatoms. The zero-order valence-corrected chi connectivity index (χ0v) is 12.4. The topological polar surface area (TPSA) is 43.6 Å². The first-order chi connectivity index (χ1) is 9.95. The number of alkyl halides is 3. The molecule has 0 amide bonds. The van der Waals surface area contributed by atoms with E-state index in [0.717, 1.165) is 19.8 Å². The first-order valence-electron chi connectivity index (χ1n) is 5.89. The molecule has 2 heterocycles. The van der Waals surface area contributed by atoms with Gasteiger partial charge in [-0.3, -0.25) is 0 Å². The van der Waals surface area contributed by atoms with Crippen LogP contribution in [0.25, 0.3) is 10.2 Å². The number of para-hydroxylation sites is 1. The molecule has 1 aromatic carbocycles. The number of rotatable bonds is 3. The number of nitrogens with zero attached hydrogens (tertiary/aromatic N) is 4. The van der Waals surface area contributed by atoms with Crippen molar-refractivity contribution in [2.24, 2.45) is 7.05 Å². The minimum Gasteiger partial charge on any atom is -0.302 e. The van der Waals surface area contributed by atoms with E-state index in [-0.39, 0.29) is 5.16 Å². The molecular formula is C12H9F3N4S2. The Hall–Kier alpha value is -1.61. The fraction of sp³-hybridized carbons (Fsp3) is 0.250. The average Bonchev–Trinajstić information content (AvgIpc) is 2.98. The number of aromatic nitrogens is 4. The summed E-state index contributed by atoms with van der Waals surface area (Å²) < 4.78 is 39.9. The Morgan fingerprint density at radius 2 is 2.00 bits per heavy atom. The fourth-order valence-corrected chi connectivity index (χ4v) is 3.67. The smallest absolute Gasteiger partial charge is 0.302 e. The molecule has 0 bridgehead atoms. The average molecular weight is 330 g/mol. The van der Waals surface area contributed by atoms with E-state index < -0.39 is 12.0 Å². The van der Waals surface area contributed by atoms with Gasteiger partial charge in [-0.1, -0.05) is 23.9 Å². The molecule has 0 aliphatic heterocycles. The summed E-state index contributed by atoms with van der Waals surface area (Å²) in [4.78, 5) is 4.43. The maximum Gasteiger partial charge on any atom is 0.451 e. The van der Waals surface area contributed by atoms with Crippen LogP contribution in [0.15, 0.2) is 29.4 Å². The van der Waals surface area contributed by atoms with Gasteiger partial charge in [-0.15, -0.1) is 21.5 Å². The molecule has 0 radical (unpaired) electrons. The Labute approximate surface area is 126 Å². The van der Waals surface area contributed by atoms with Gasteiger partial charge in [-0.05, 0) is 12.1 Å². The summed E-state index contributed by atoms with van der Waals surface area (Å²) in [5, 5.41) is 7.84. The zero-order valence-electron chi connectivity index (χ0n) is 10.8. The molecule has 2 aromatic heterocycles. The summed E-state index contributed by atoms with van der Waals surface area (Å²) in [6, 6.07) is 7.70. The maximum atomic E-state index is 12.6. The van der Waals surface area contributed by atoms with Crippen LogP contribution in [-0.2, 0) is 19.0 Å². The molecule has 0 spiro atoms. The van der Waals surface area contributed by atoms with E-state index >= 15 is 0 Å². The normalized spacial score (nSPS) is 12.2. The predicted molar refractivity (Wildman–Crippen MR) is 75.2 cm³/mol. The van der Waals surface area contributed by atoms with E-state index in [9.17, 15) is 13.2 Å². The Morgan fingerprint density at radius 1 is 1.24 bits per heavy atom. The Kier molecular flexibility index (Phi) is 3.62. The molecule has 0 saturated heterocycles. The first-order valence-corrected chi connectivity index (χ1v) is 7.69. The molecular weight excluding hydrogens is 321 g/mol. The number of hydrogen-bond acceptors (Lipinski definition) is 5. The highest BCUT2D eigenvalue weighted by atomic mass is 32.2. The lowest BCUT2D eigenvalue weighted by Gasteiger charge is -2.05. The van der Waals surface area contributed by atoms with Gasteiger partial charge in [0.05, 0.1) is 16.0 Å². The second-order valence-corrected chi connectivity index (χ2v) is 6.28. The summed E-state index contributed by atoms with van der Waals surface area (Å²) in [5.74, 6) is -0.530. The molecule has 0 N–H and O–H groups in total. The highest BCUT2D eigenvalue weighted by molar-refractivity contribution is 7.98. The minimum absolute atomic E-state index is 0.224. The van der Waals surface area contributed by atoms with Crippen molar-refractivity contribution in [1.82, 2.24) is 19.7 Å². The first kappa shape index (κ1) is 14.3. The third-order valence-electron chi connectivity index (χ3n) is 2.75. The van der Waals surface area contributed by atoms with Crippen LogP contribution in [0.5, 0.6) is 0 Å². The van der Waals surface area contributed by atoms with E-state index in [4.69, 9.17) is 0 Å². The van der Waals surface area contributed by atoms with Crippen LogP contribution in [0.2, 0.25) is 0 Å². The van der Waals surface area contributed by atoms with E-state index in [2.05, 4.69) is 15.2 Å². The molecule has 4 nitrogen and oxygen atoms in total. The van der Waals surface area contributed by atoms with Crippen LogP contribution in [-0.4, -0.2) is 19.7 Å². The second-order valence-electron chi connectivity index (χ2n) is 4.23. The quantitative estimate of drug-likeness (QED) is 0.686. The van der Waals surface area contributed by atoms with Crippen LogP contribution < -0.4 is 0 Å². The number of thiazole rings is 1. The van der Waals surface area contributed by atoms with E-state index in [1.807, 2.05) is 24.3 Å². The summed E-state index contributed by atoms with van der Waals surface area (Å²) in [6.45, 7) is 0. The van der Waals surface area contributed by atoms with Crippen molar-refractivity contribution in [1.29, 1.82) is 0 Å². The lowest BCUT2D eigenvalue weighted by molar-refractivity contribution is -0.147. The van der Waals surface area contributed by atoms with Crippen molar-refractivity contribution in [2.45, 2.75) is 17.1 Å². The number of benzene rings is 1. The van der Waals surface area contributed by atoms with Gasteiger partial charge >= 0.3 is 6.18 Å². The molecule has 0 saturated carbocycles. The molecule has 0 aliphatic rings. The fourth-order valence-electron chi connectivity index (χ4n) is 1.80. The molecule has 21 heavy (non-hydrogen) atoms. The predicted octanol–water partition coefficient (Wildman–Crippen LogP) is 3.74. The van der Waals surface area contributed by atoms with Crippen LogP contribution in [0.4, 0.5) is 13.2 Å². The lowest BCUT2D eigenvalue weighted by Crippen LogP contribution is -2.12. The third-order valence-corrected chi connectivity index (χ3v) is 5.00. The Bertz CT molecular complexity index is 745.